The molecule has 0 fully saturated rings. The molecule has 0 spiro atoms. The van der Waals surface area contributed by atoms with E-state index in [1.165, 1.54) is 0 Å². The molecule has 3 aromatic rings. The van der Waals surface area contributed by atoms with Crippen molar-refractivity contribution >= 4 is 52.1 Å². The number of aryl methyl sites for hydroxylation is 1. The number of hydrogen-bond donors (Lipinski definition) is 4. The van der Waals surface area contributed by atoms with Gasteiger partial charge in [0.1, 0.15) is 0 Å². The van der Waals surface area contributed by atoms with E-state index in [1.807, 2.05) is 37.3 Å². The second-order valence-corrected chi connectivity index (χ2v) is 8.42. The standard InChI is InChI=1S/C27H29ClN4O3/c1-2-7-25(33)31-22-13-14-23(28)24(17-22)29-18-27(35)32-21-11-6-10-20(16-21)30-26(34)15-12-19-8-4-3-5-9-19/h3-6,8-11,13-14,16-17,29H,2,7,12,15,18H2,1H3,(H,30,34)(H,31,33)(H,32,35). The molecule has 0 aromatic heterocycles. The van der Waals surface area contributed by atoms with Crippen LogP contribution < -0.4 is 21.3 Å². The van der Waals surface area contributed by atoms with Crippen LogP contribution in [-0.2, 0) is 20.8 Å². The first-order valence-electron chi connectivity index (χ1n) is 11.5. The van der Waals surface area contributed by atoms with Crippen molar-refractivity contribution in [1.82, 2.24) is 0 Å². The number of carbonyl (C=O) groups excluding carboxylic acids is 3. The van der Waals surface area contributed by atoms with Gasteiger partial charge < -0.3 is 21.3 Å². The van der Waals surface area contributed by atoms with E-state index >= 15 is 0 Å². The summed E-state index contributed by atoms with van der Waals surface area (Å²) in [5.74, 6) is -0.459. The van der Waals surface area contributed by atoms with Gasteiger partial charge in [0.25, 0.3) is 0 Å². The van der Waals surface area contributed by atoms with Crippen molar-refractivity contribution in [2.24, 2.45) is 0 Å². The van der Waals surface area contributed by atoms with Crippen LogP contribution in [0.5, 0.6) is 0 Å². The van der Waals surface area contributed by atoms with Crippen LogP contribution in [0.15, 0.2) is 72.8 Å². The van der Waals surface area contributed by atoms with Crippen LogP contribution in [-0.4, -0.2) is 24.3 Å². The fraction of sp³-hybridized carbons (Fsp3) is 0.222. The van der Waals surface area contributed by atoms with Gasteiger partial charge in [-0.3, -0.25) is 14.4 Å². The lowest BCUT2D eigenvalue weighted by Crippen LogP contribution is -2.22. The smallest absolute Gasteiger partial charge is 0.243 e. The van der Waals surface area contributed by atoms with Gasteiger partial charge in [0.05, 0.1) is 17.3 Å². The Morgan fingerprint density at radius 1 is 0.714 bits per heavy atom. The number of hydrogen-bond acceptors (Lipinski definition) is 4. The number of rotatable bonds is 11. The molecular formula is C27H29ClN4O3. The van der Waals surface area contributed by atoms with Gasteiger partial charge in [-0.15, -0.1) is 0 Å². The summed E-state index contributed by atoms with van der Waals surface area (Å²) >= 11 is 6.22. The van der Waals surface area contributed by atoms with Crippen LogP contribution in [0, 0.1) is 0 Å². The average Bonchev–Trinajstić information content (AvgIpc) is 2.84. The van der Waals surface area contributed by atoms with Gasteiger partial charge in [-0.1, -0.05) is 54.9 Å². The number of halogens is 1. The van der Waals surface area contributed by atoms with Crippen LogP contribution in [0.2, 0.25) is 5.02 Å². The van der Waals surface area contributed by atoms with Gasteiger partial charge in [0.2, 0.25) is 17.7 Å². The Morgan fingerprint density at radius 2 is 1.34 bits per heavy atom. The largest absolute Gasteiger partial charge is 0.375 e. The average molecular weight is 493 g/mol. The van der Waals surface area contributed by atoms with Crippen molar-refractivity contribution in [1.29, 1.82) is 0 Å². The number of benzene rings is 3. The van der Waals surface area contributed by atoms with Gasteiger partial charge in [0, 0.05) is 29.9 Å². The molecule has 8 heteroatoms. The highest BCUT2D eigenvalue weighted by atomic mass is 35.5. The Balaban J connectivity index is 1.50. The van der Waals surface area contributed by atoms with Crippen molar-refractivity contribution in [3.8, 4) is 0 Å². The van der Waals surface area contributed by atoms with Gasteiger partial charge in [-0.25, -0.2) is 0 Å². The van der Waals surface area contributed by atoms with E-state index in [4.69, 9.17) is 11.6 Å². The van der Waals surface area contributed by atoms with E-state index in [0.29, 0.717) is 47.0 Å². The van der Waals surface area contributed by atoms with Crippen molar-refractivity contribution in [2.45, 2.75) is 32.6 Å². The van der Waals surface area contributed by atoms with Crippen LogP contribution in [0.1, 0.15) is 31.7 Å². The molecule has 0 atom stereocenters. The highest BCUT2D eigenvalue weighted by Gasteiger charge is 2.09. The van der Waals surface area contributed by atoms with E-state index in [1.54, 1.807) is 42.5 Å². The second kappa shape index (κ2) is 13.2. The maximum atomic E-state index is 12.5. The molecule has 182 valence electrons. The van der Waals surface area contributed by atoms with E-state index in [-0.39, 0.29) is 24.3 Å². The third kappa shape index (κ3) is 8.79. The SMILES string of the molecule is CCCC(=O)Nc1ccc(Cl)c(NCC(=O)Nc2cccc(NC(=O)CCc3ccccc3)c2)c1. The summed E-state index contributed by atoms with van der Waals surface area (Å²) in [5.41, 5.74) is 3.41. The number of nitrogens with one attached hydrogen (secondary N) is 4. The molecule has 3 aromatic carbocycles. The third-order valence-corrected chi connectivity index (χ3v) is 5.41. The summed E-state index contributed by atoms with van der Waals surface area (Å²) in [7, 11) is 0. The lowest BCUT2D eigenvalue weighted by molar-refractivity contribution is -0.117. The Hall–Kier alpha value is -3.84. The topological polar surface area (TPSA) is 99.3 Å². The Labute approximate surface area is 210 Å². The number of carbonyl (C=O) groups is 3. The van der Waals surface area contributed by atoms with Crippen molar-refractivity contribution < 1.29 is 14.4 Å². The van der Waals surface area contributed by atoms with Crippen LogP contribution >= 0.6 is 11.6 Å². The fourth-order valence-electron chi connectivity index (χ4n) is 3.37. The van der Waals surface area contributed by atoms with Crippen molar-refractivity contribution in [3.63, 3.8) is 0 Å². The normalized spacial score (nSPS) is 10.3. The highest BCUT2D eigenvalue weighted by molar-refractivity contribution is 6.33. The van der Waals surface area contributed by atoms with Gasteiger partial charge in [0.15, 0.2) is 0 Å². The molecule has 4 N–H and O–H groups in total. The Morgan fingerprint density at radius 3 is 2.03 bits per heavy atom. The summed E-state index contributed by atoms with van der Waals surface area (Å²) in [6.07, 6.45) is 2.20. The van der Waals surface area contributed by atoms with Crippen LogP contribution in [0.4, 0.5) is 22.7 Å². The van der Waals surface area contributed by atoms with Gasteiger partial charge in [-0.2, -0.15) is 0 Å². The minimum Gasteiger partial charge on any atom is -0.375 e. The molecule has 0 radical (unpaired) electrons. The molecule has 0 saturated carbocycles. The minimum atomic E-state index is -0.283. The van der Waals surface area contributed by atoms with Gasteiger partial charge in [-0.05, 0) is 54.8 Å². The lowest BCUT2D eigenvalue weighted by Gasteiger charge is -2.12. The second-order valence-electron chi connectivity index (χ2n) is 8.01. The van der Waals surface area contributed by atoms with Crippen LogP contribution in [0.25, 0.3) is 0 Å². The first-order chi connectivity index (χ1) is 16.9. The summed E-state index contributed by atoms with van der Waals surface area (Å²) in [4.78, 5) is 36.6. The predicted octanol–water partition coefficient (Wildman–Crippen LogP) is 5.70. The zero-order valence-corrected chi connectivity index (χ0v) is 20.3. The monoisotopic (exact) mass is 492 g/mol. The number of anilines is 4. The molecule has 0 aliphatic heterocycles. The molecule has 0 saturated heterocycles. The molecule has 3 rings (SSSR count). The molecule has 0 unspecified atom stereocenters. The summed E-state index contributed by atoms with van der Waals surface area (Å²) in [6, 6.07) is 21.9. The van der Waals surface area contributed by atoms with E-state index in [0.717, 1.165) is 12.0 Å². The summed E-state index contributed by atoms with van der Waals surface area (Å²) in [5, 5.41) is 11.9. The summed E-state index contributed by atoms with van der Waals surface area (Å²) < 4.78 is 0. The highest BCUT2D eigenvalue weighted by Crippen LogP contribution is 2.25. The molecule has 0 aliphatic rings. The first kappa shape index (κ1) is 25.8. The fourth-order valence-corrected chi connectivity index (χ4v) is 3.55. The van der Waals surface area contributed by atoms with E-state index < -0.39 is 0 Å². The maximum absolute atomic E-state index is 12.5. The first-order valence-corrected chi connectivity index (χ1v) is 11.9. The Bertz CT molecular complexity index is 1170. The lowest BCUT2D eigenvalue weighted by atomic mass is 10.1. The molecule has 0 aliphatic carbocycles. The third-order valence-electron chi connectivity index (χ3n) is 5.08. The number of amides is 3. The quantitative estimate of drug-likeness (QED) is 0.276. The molecule has 0 bridgehead atoms. The molecule has 7 nitrogen and oxygen atoms in total. The van der Waals surface area contributed by atoms with Crippen molar-refractivity contribution in [3.05, 3.63) is 83.4 Å². The van der Waals surface area contributed by atoms with Crippen LogP contribution in [0.3, 0.4) is 0 Å². The zero-order valence-electron chi connectivity index (χ0n) is 19.6. The molecule has 0 heterocycles. The van der Waals surface area contributed by atoms with Crippen molar-refractivity contribution in [2.75, 3.05) is 27.8 Å². The van der Waals surface area contributed by atoms with E-state index in [2.05, 4.69) is 21.3 Å². The van der Waals surface area contributed by atoms with E-state index in [9.17, 15) is 14.4 Å². The molecular weight excluding hydrogens is 464 g/mol. The Kier molecular flexibility index (Phi) is 9.69. The molecule has 3 amide bonds. The maximum Gasteiger partial charge on any atom is 0.243 e. The minimum absolute atomic E-state index is 0.0280. The molecule has 35 heavy (non-hydrogen) atoms. The zero-order chi connectivity index (χ0) is 25.0. The summed E-state index contributed by atoms with van der Waals surface area (Å²) in [6.45, 7) is 1.91. The predicted molar refractivity (Wildman–Crippen MR) is 142 cm³/mol. The van der Waals surface area contributed by atoms with Gasteiger partial charge >= 0.3 is 0 Å².